The minimum Gasteiger partial charge on any atom is -0.462 e. The molecule has 6 heteroatoms. The first kappa shape index (κ1) is 62.3. The third-order valence-corrected chi connectivity index (χ3v) is 11.3. The molecule has 6 nitrogen and oxygen atoms in total. The molecule has 66 heavy (non-hydrogen) atoms. The van der Waals surface area contributed by atoms with Gasteiger partial charge in [-0.25, -0.2) is 0 Å². The maximum atomic E-state index is 12.8. The zero-order valence-corrected chi connectivity index (χ0v) is 42.9. The molecule has 0 fully saturated rings. The normalized spacial score (nSPS) is 12.8. The van der Waals surface area contributed by atoms with Crippen LogP contribution >= 0.6 is 0 Å². The van der Waals surface area contributed by atoms with E-state index in [0.717, 1.165) is 109 Å². The van der Waals surface area contributed by atoms with Crippen LogP contribution in [0.5, 0.6) is 0 Å². The first-order valence-corrected chi connectivity index (χ1v) is 27.3. The van der Waals surface area contributed by atoms with Gasteiger partial charge < -0.3 is 14.2 Å². The van der Waals surface area contributed by atoms with E-state index >= 15 is 0 Å². The van der Waals surface area contributed by atoms with Crippen molar-refractivity contribution in [3.63, 3.8) is 0 Å². The fraction of sp³-hybridized carbons (Fsp3) is 0.683. The topological polar surface area (TPSA) is 78.9 Å². The van der Waals surface area contributed by atoms with Gasteiger partial charge in [0.1, 0.15) is 13.2 Å². The van der Waals surface area contributed by atoms with Crippen LogP contribution in [0, 0.1) is 0 Å². The van der Waals surface area contributed by atoms with Crippen molar-refractivity contribution in [3.05, 3.63) is 97.2 Å². The Hall–Kier alpha value is -3.67. The Balaban J connectivity index is 4.48. The molecular formula is C60H100O6. The van der Waals surface area contributed by atoms with Crippen LogP contribution in [0.15, 0.2) is 97.2 Å². The summed E-state index contributed by atoms with van der Waals surface area (Å²) in [7, 11) is 0. The summed E-state index contributed by atoms with van der Waals surface area (Å²) in [6.45, 7) is 6.43. The van der Waals surface area contributed by atoms with Crippen LogP contribution in [-0.2, 0) is 28.6 Å². The third kappa shape index (κ3) is 51.3. The van der Waals surface area contributed by atoms with E-state index in [2.05, 4.69) is 118 Å². The molecular weight excluding hydrogens is 817 g/mol. The van der Waals surface area contributed by atoms with Gasteiger partial charge in [-0.3, -0.25) is 14.4 Å². The van der Waals surface area contributed by atoms with Crippen LogP contribution in [0.2, 0.25) is 0 Å². The van der Waals surface area contributed by atoms with Crippen molar-refractivity contribution in [1.82, 2.24) is 0 Å². The molecule has 0 aromatic rings. The van der Waals surface area contributed by atoms with E-state index in [0.29, 0.717) is 12.8 Å². The summed E-state index contributed by atoms with van der Waals surface area (Å²) < 4.78 is 16.8. The monoisotopic (exact) mass is 917 g/mol. The Morgan fingerprint density at radius 3 is 1.03 bits per heavy atom. The van der Waals surface area contributed by atoms with Gasteiger partial charge in [0.25, 0.3) is 0 Å². The summed E-state index contributed by atoms with van der Waals surface area (Å²) in [5, 5.41) is 0. The highest BCUT2D eigenvalue weighted by atomic mass is 16.6. The van der Waals surface area contributed by atoms with Gasteiger partial charge in [0.15, 0.2) is 6.10 Å². The van der Waals surface area contributed by atoms with E-state index in [1.165, 1.54) is 96.3 Å². The largest absolute Gasteiger partial charge is 0.462 e. The minimum absolute atomic E-state index is 0.0994. The van der Waals surface area contributed by atoms with Crippen molar-refractivity contribution in [2.24, 2.45) is 0 Å². The molecule has 0 spiro atoms. The number of ether oxygens (including phenoxy) is 3. The second-order valence-electron chi connectivity index (χ2n) is 17.8. The Morgan fingerprint density at radius 1 is 0.333 bits per heavy atom. The number of allylic oxidation sites excluding steroid dienone is 16. The molecule has 0 N–H and O–H groups in total. The van der Waals surface area contributed by atoms with Crippen LogP contribution in [0.4, 0.5) is 0 Å². The van der Waals surface area contributed by atoms with Crippen molar-refractivity contribution >= 4 is 17.9 Å². The summed E-state index contributed by atoms with van der Waals surface area (Å²) in [5.41, 5.74) is 0. The molecule has 0 aromatic heterocycles. The fourth-order valence-corrected chi connectivity index (χ4v) is 7.22. The van der Waals surface area contributed by atoms with E-state index in [1.54, 1.807) is 0 Å². The molecule has 1 unspecified atom stereocenters. The predicted octanol–water partition coefficient (Wildman–Crippen LogP) is 18.1. The standard InChI is InChI=1S/C60H100O6/c1-4-7-10-13-16-19-22-25-28-30-33-35-38-41-44-47-50-53-59(62)65-56-57(55-64-58(61)52-49-46-43-40-37-34-31-27-24-21-18-15-12-9-6-3)66-60(63)54-51-48-45-42-39-36-32-29-26-23-20-17-14-11-8-5-2/h8,11,16-21,24-29,36,39,57H,4-7,9-10,12-15,22-23,30-35,37-38,40-56H2,1-3H3/b11-8-,19-16-,20-17-,21-18-,27-24-,28-25-,29-26-,39-36-. The minimum atomic E-state index is -0.803. The zero-order chi connectivity index (χ0) is 47.9. The van der Waals surface area contributed by atoms with Crippen molar-refractivity contribution in [2.75, 3.05) is 13.2 Å². The lowest BCUT2D eigenvalue weighted by molar-refractivity contribution is -0.167. The molecule has 0 saturated carbocycles. The number of unbranched alkanes of at least 4 members (excludes halogenated alkanes) is 22. The molecule has 0 aliphatic heterocycles. The summed E-state index contributed by atoms with van der Waals surface area (Å²) >= 11 is 0. The molecule has 1 atom stereocenters. The van der Waals surface area contributed by atoms with Gasteiger partial charge in [0.05, 0.1) is 0 Å². The molecule has 0 amide bonds. The van der Waals surface area contributed by atoms with Crippen LogP contribution in [0.3, 0.4) is 0 Å². The average Bonchev–Trinajstić information content (AvgIpc) is 3.31. The molecule has 0 bridgehead atoms. The third-order valence-electron chi connectivity index (χ3n) is 11.3. The molecule has 0 aromatic carbocycles. The van der Waals surface area contributed by atoms with Gasteiger partial charge in [-0.15, -0.1) is 0 Å². The number of carbonyl (C=O) groups is 3. The highest BCUT2D eigenvalue weighted by molar-refractivity contribution is 5.71. The van der Waals surface area contributed by atoms with Crippen molar-refractivity contribution in [2.45, 2.75) is 252 Å². The highest BCUT2D eigenvalue weighted by Gasteiger charge is 2.19. The summed E-state index contributed by atoms with van der Waals surface area (Å²) in [6, 6.07) is 0. The first-order valence-electron chi connectivity index (χ1n) is 27.3. The molecule has 0 aliphatic rings. The smallest absolute Gasteiger partial charge is 0.306 e. The maximum Gasteiger partial charge on any atom is 0.306 e. The lowest BCUT2D eigenvalue weighted by Gasteiger charge is -2.18. The molecule has 0 heterocycles. The van der Waals surface area contributed by atoms with Crippen LogP contribution in [-0.4, -0.2) is 37.2 Å². The zero-order valence-electron chi connectivity index (χ0n) is 42.9. The second-order valence-corrected chi connectivity index (χ2v) is 17.8. The lowest BCUT2D eigenvalue weighted by Crippen LogP contribution is -2.30. The van der Waals surface area contributed by atoms with Gasteiger partial charge >= 0.3 is 17.9 Å². The van der Waals surface area contributed by atoms with E-state index in [9.17, 15) is 14.4 Å². The average molecular weight is 917 g/mol. The quantitative estimate of drug-likeness (QED) is 0.0199. The summed E-state index contributed by atoms with van der Waals surface area (Å²) in [5.74, 6) is -0.950. The van der Waals surface area contributed by atoms with Gasteiger partial charge in [-0.1, -0.05) is 208 Å². The van der Waals surface area contributed by atoms with E-state index in [1.807, 2.05) is 0 Å². The molecule has 0 aliphatic carbocycles. The number of hydrogen-bond donors (Lipinski definition) is 0. The SMILES string of the molecule is CC/C=C\C/C=C\C/C=C\C/C=C\CCCCCC(=O)OC(COC(=O)CCCCCCCC/C=C\C=C/CCCCC)COC(=O)CCCCCCCCC/C=C\C/C=C\CCCCC. The number of rotatable bonds is 48. The highest BCUT2D eigenvalue weighted by Crippen LogP contribution is 2.14. The lowest BCUT2D eigenvalue weighted by atomic mass is 10.1. The first-order chi connectivity index (χ1) is 32.5. The number of carbonyl (C=O) groups excluding carboxylic acids is 3. The Bertz CT molecular complexity index is 1330. The van der Waals surface area contributed by atoms with Gasteiger partial charge in [-0.2, -0.15) is 0 Å². The van der Waals surface area contributed by atoms with E-state index in [4.69, 9.17) is 14.2 Å². The Morgan fingerprint density at radius 2 is 0.636 bits per heavy atom. The predicted molar refractivity (Wildman–Crippen MR) is 284 cm³/mol. The molecule has 0 rings (SSSR count). The van der Waals surface area contributed by atoms with E-state index in [-0.39, 0.29) is 37.5 Å². The number of esters is 3. The second kappa shape index (κ2) is 53.9. The van der Waals surface area contributed by atoms with Crippen molar-refractivity contribution < 1.29 is 28.6 Å². The molecule has 0 radical (unpaired) electrons. The van der Waals surface area contributed by atoms with Gasteiger partial charge in [0, 0.05) is 19.3 Å². The Kier molecular flexibility index (Phi) is 50.9. The Labute approximate surface area is 407 Å². The summed E-state index contributed by atoms with van der Waals surface area (Å²) in [6.07, 6.45) is 71.0. The van der Waals surface area contributed by atoms with Crippen molar-refractivity contribution in [3.8, 4) is 0 Å². The van der Waals surface area contributed by atoms with Crippen molar-refractivity contribution in [1.29, 1.82) is 0 Å². The maximum absolute atomic E-state index is 12.8. The fourth-order valence-electron chi connectivity index (χ4n) is 7.22. The van der Waals surface area contributed by atoms with Gasteiger partial charge in [-0.05, 0) is 116 Å². The van der Waals surface area contributed by atoms with Gasteiger partial charge in [0.2, 0.25) is 0 Å². The number of hydrogen-bond acceptors (Lipinski definition) is 6. The van der Waals surface area contributed by atoms with E-state index < -0.39 is 6.10 Å². The van der Waals surface area contributed by atoms with Crippen LogP contribution in [0.1, 0.15) is 245 Å². The van der Waals surface area contributed by atoms with Crippen LogP contribution < -0.4 is 0 Å². The van der Waals surface area contributed by atoms with Crippen LogP contribution in [0.25, 0.3) is 0 Å². The molecule has 0 saturated heterocycles. The molecule has 376 valence electrons. The summed E-state index contributed by atoms with van der Waals surface area (Å²) in [4.78, 5) is 38.1.